The molecule has 1 N–H and O–H groups in total. The second-order valence-electron chi connectivity index (χ2n) is 9.38. The summed E-state index contributed by atoms with van der Waals surface area (Å²) in [5.41, 5.74) is 2.47. The van der Waals surface area contributed by atoms with Crippen LogP contribution < -0.4 is 10.1 Å². The number of likely N-dealkylation sites (tertiary alicyclic amines) is 1. The molecule has 0 radical (unpaired) electrons. The monoisotopic (exact) mass is 434 g/mol. The zero-order valence-corrected chi connectivity index (χ0v) is 19.7. The molecule has 0 bridgehead atoms. The zero-order chi connectivity index (χ0) is 22.4. The van der Waals surface area contributed by atoms with Gasteiger partial charge in [-0.25, -0.2) is 0 Å². The van der Waals surface area contributed by atoms with Gasteiger partial charge in [-0.3, -0.25) is 4.79 Å². The van der Waals surface area contributed by atoms with Crippen LogP contribution in [0.15, 0.2) is 54.6 Å². The highest BCUT2D eigenvalue weighted by Crippen LogP contribution is 2.53. The molecule has 1 aliphatic carbocycles. The Morgan fingerprint density at radius 2 is 1.88 bits per heavy atom. The summed E-state index contributed by atoms with van der Waals surface area (Å²) in [4.78, 5) is 15.8. The fourth-order valence-corrected chi connectivity index (χ4v) is 6.08. The number of amides is 1. The molecule has 4 rings (SSSR count). The molecule has 0 spiro atoms. The molecule has 1 aliphatic heterocycles. The van der Waals surface area contributed by atoms with Gasteiger partial charge >= 0.3 is 0 Å². The smallest absolute Gasteiger partial charge is 0.223 e. The Morgan fingerprint density at radius 3 is 2.59 bits per heavy atom. The molecule has 4 heteroatoms. The van der Waals surface area contributed by atoms with Gasteiger partial charge in [-0.05, 0) is 75.9 Å². The van der Waals surface area contributed by atoms with Crippen molar-refractivity contribution in [1.29, 1.82) is 0 Å². The Bertz CT molecular complexity index is 878. The van der Waals surface area contributed by atoms with Gasteiger partial charge < -0.3 is 15.0 Å². The molecule has 1 heterocycles. The second-order valence-corrected chi connectivity index (χ2v) is 9.38. The minimum absolute atomic E-state index is 0.0338. The van der Waals surface area contributed by atoms with Gasteiger partial charge in [-0.1, -0.05) is 55.3 Å². The van der Waals surface area contributed by atoms with Gasteiger partial charge in [0.05, 0.1) is 12.6 Å². The molecular formula is C28H38N2O2. The van der Waals surface area contributed by atoms with E-state index in [1.165, 1.54) is 24.0 Å². The van der Waals surface area contributed by atoms with Crippen molar-refractivity contribution in [2.75, 3.05) is 20.2 Å². The number of ether oxygens (including phenoxy) is 1. The van der Waals surface area contributed by atoms with Crippen LogP contribution in [0.1, 0.15) is 75.5 Å². The van der Waals surface area contributed by atoms with E-state index in [9.17, 15) is 4.79 Å². The van der Waals surface area contributed by atoms with Crippen molar-refractivity contribution in [3.05, 3.63) is 65.7 Å². The first-order valence-corrected chi connectivity index (χ1v) is 12.4. The van der Waals surface area contributed by atoms with E-state index in [0.717, 1.165) is 44.4 Å². The Hall–Kier alpha value is -2.33. The number of hydrogen-bond acceptors (Lipinski definition) is 3. The van der Waals surface area contributed by atoms with Crippen LogP contribution in [0.2, 0.25) is 0 Å². The van der Waals surface area contributed by atoms with Crippen molar-refractivity contribution >= 4 is 5.91 Å². The third-order valence-electron chi connectivity index (χ3n) is 7.48. The highest BCUT2D eigenvalue weighted by atomic mass is 16.5. The lowest BCUT2D eigenvalue weighted by molar-refractivity contribution is -0.144. The van der Waals surface area contributed by atoms with Gasteiger partial charge in [0.15, 0.2) is 0 Å². The van der Waals surface area contributed by atoms with Crippen molar-refractivity contribution in [3.63, 3.8) is 0 Å². The largest absolute Gasteiger partial charge is 0.494 e. The Labute approximate surface area is 193 Å². The quantitative estimate of drug-likeness (QED) is 0.520. The van der Waals surface area contributed by atoms with Crippen LogP contribution in [0.4, 0.5) is 0 Å². The first-order valence-electron chi connectivity index (χ1n) is 12.4. The normalized spacial score (nSPS) is 24.1. The highest BCUT2D eigenvalue weighted by molar-refractivity contribution is 5.79. The standard InChI is InChI=1S/C28H38N2O2/c1-3-32-25-16-9-11-22(21-25)27-28(18-10-20-29-2,23-12-5-4-6-13-23)19-17-26(31)30(27)24-14-7-8-15-24/h4-6,9,11-13,16,21,24,27,29H,3,7-8,10,14-15,17-20H2,1-2H3. The number of piperidine rings is 1. The molecule has 0 aromatic heterocycles. The average Bonchev–Trinajstić information content (AvgIpc) is 3.35. The van der Waals surface area contributed by atoms with E-state index in [1.807, 2.05) is 20.0 Å². The molecule has 2 fully saturated rings. The SMILES string of the molecule is CCOc1cccc(C2N(C3CCCC3)C(=O)CCC2(CCCNC)c2ccccc2)c1. The maximum Gasteiger partial charge on any atom is 0.223 e. The van der Waals surface area contributed by atoms with Gasteiger partial charge in [0.25, 0.3) is 0 Å². The molecule has 4 nitrogen and oxygen atoms in total. The molecule has 2 aliphatic rings. The van der Waals surface area contributed by atoms with E-state index in [2.05, 4.69) is 58.7 Å². The molecule has 32 heavy (non-hydrogen) atoms. The number of rotatable bonds is 9. The summed E-state index contributed by atoms with van der Waals surface area (Å²) in [6.45, 7) is 3.65. The average molecular weight is 435 g/mol. The van der Waals surface area contributed by atoms with Crippen molar-refractivity contribution in [1.82, 2.24) is 10.2 Å². The van der Waals surface area contributed by atoms with Gasteiger partial charge in [-0.2, -0.15) is 0 Å². The molecule has 2 aromatic rings. The summed E-state index contributed by atoms with van der Waals surface area (Å²) in [5, 5.41) is 3.33. The number of carbonyl (C=O) groups is 1. The molecule has 2 atom stereocenters. The first kappa shape index (κ1) is 22.8. The Kier molecular flexibility index (Phi) is 7.51. The van der Waals surface area contributed by atoms with Crippen LogP contribution in [-0.2, 0) is 10.2 Å². The van der Waals surface area contributed by atoms with Crippen molar-refractivity contribution < 1.29 is 9.53 Å². The van der Waals surface area contributed by atoms with Crippen LogP contribution >= 0.6 is 0 Å². The molecule has 1 saturated carbocycles. The van der Waals surface area contributed by atoms with Crippen LogP contribution in [-0.4, -0.2) is 37.0 Å². The van der Waals surface area contributed by atoms with Crippen molar-refractivity contribution in [3.8, 4) is 5.75 Å². The van der Waals surface area contributed by atoms with E-state index in [1.54, 1.807) is 0 Å². The number of nitrogens with zero attached hydrogens (tertiary/aromatic N) is 1. The summed E-state index contributed by atoms with van der Waals surface area (Å²) in [6, 6.07) is 19.9. The van der Waals surface area contributed by atoms with E-state index < -0.39 is 0 Å². The molecule has 172 valence electrons. The fourth-order valence-electron chi connectivity index (χ4n) is 6.08. The summed E-state index contributed by atoms with van der Waals surface area (Å²) in [6.07, 6.45) is 8.34. The fraction of sp³-hybridized carbons (Fsp3) is 0.536. The minimum Gasteiger partial charge on any atom is -0.494 e. The number of nitrogens with one attached hydrogen (secondary N) is 1. The third-order valence-corrected chi connectivity index (χ3v) is 7.48. The van der Waals surface area contributed by atoms with Crippen LogP contribution in [0.3, 0.4) is 0 Å². The van der Waals surface area contributed by atoms with Crippen molar-refractivity contribution in [2.24, 2.45) is 0 Å². The highest BCUT2D eigenvalue weighted by Gasteiger charge is 2.50. The summed E-state index contributed by atoms with van der Waals surface area (Å²) >= 11 is 0. The predicted molar refractivity (Wildman–Crippen MR) is 130 cm³/mol. The van der Waals surface area contributed by atoms with Gasteiger partial charge in [-0.15, -0.1) is 0 Å². The summed E-state index contributed by atoms with van der Waals surface area (Å²) < 4.78 is 5.88. The van der Waals surface area contributed by atoms with Gasteiger partial charge in [0.1, 0.15) is 5.75 Å². The van der Waals surface area contributed by atoms with E-state index in [-0.39, 0.29) is 11.5 Å². The van der Waals surface area contributed by atoms with E-state index >= 15 is 0 Å². The van der Waals surface area contributed by atoms with Crippen LogP contribution in [0.5, 0.6) is 5.75 Å². The predicted octanol–water partition coefficient (Wildman–Crippen LogP) is 5.63. The molecule has 2 unspecified atom stereocenters. The maximum absolute atomic E-state index is 13.5. The summed E-state index contributed by atoms with van der Waals surface area (Å²) in [7, 11) is 2.02. The lowest BCUT2D eigenvalue weighted by Crippen LogP contribution is -2.54. The van der Waals surface area contributed by atoms with E-state index in [0.29, 0.717) is 25.0 Å². The molecular weight excluding hydrogens is 396 g/mol. The van der Waals surface area contributed by atoms with Crippen LogP contribution in [0, 0.1) is 0 Å². The van der Waals surface area contributed by atoms with Crippen LogP contribution in [0.25, 0.3) is 0 Å². The topological polar surface area (TPSA) is 41.6 Å². The zero-order valence-electron chi connectivity index (χ0n) is 19.7. The number of benzene rings is 2. The van der Waals surface area contributed by atoms with Gasteiger partial charge in [0, 0.05) is 17.9 Å². The Morgan fingerprint density at radius 1 is 1.09 bits per heavy atom. The third kappa shape index (κ3) is 4.56. The maximum atomic E-state index is 13.5. The molecule has 1 saturated heterocycles. The first-order chi connectivity index (χ1) is 15.7. The molecule has 1 amide bonds. The lowest BCUT2D eigenvalue weighted by Gasteiger charge is -2.53. The Balaban J connectivity index is 1.86. The van der Waals surface area contributed by atoms with Gasteiger partial charge in [0.2, 0.25) is 5.91 Å². The number of carbonyl (C=O) groups excluding carboxylic acids is 1. The minimum atomic E-state index is -0.0978. The molecule has 2 aromatic carbocycles. The number of hydrogen-bond donors (Lipinski definition) is 1. The summed E-state index contributed by atoms with van der Waals surface area (Å²) in [5.74, 6) is 1.22. The second kappa shape index (κ2) is 10.5. The lowest BCUT2D eigenvalue weighted by atomic mass is 9.63. The van der Waals surface area contributed by atoms with Crippen molar-refractivity contribution in [2.45, 2.75) is 75.8 Å². The van der Waals surface area contributed by atoms with E-state index in [4.69, 9.17) is 4.74 Å².